The molecule has 1 amide bonds. The van der Waals surface area contributed by atoms with E-state index >= 15 is 0 Å². The number of sulfonamides is 1. The Morgan fingerprint density at radius 2 is 1.90 bits per heavy atom. The van der Waals surface area contributed by atoms with Crippen molar-refractivity contribution in [1.29, 1.82) is 0 Å². The standard InChI is InChI=1S/C24H28N2O3S/c1-4-6-7-8-9-19-16-20(25-24(27)5-2)17-23-22(19)14-15-26(23)30(28,29)21-12-10-18(3)11-13-21/h10-13,16-17H,4-7,14-15H2,1-3H3,(H,25,27). The molecule has 1 aliphatic heterocycles. The Hall–Kier alpha value is -2.78. The maximum atomic E-state index is 13.3. The Labute approximate surface area is 179 Å². The third-order valence-corrected chi connectivity index (χ3v) is 6.98. The molecule has 1 N–H and O–H groups in total. The summed E-state index contributed by atoms with van der Waals surface area (Å²) >= 11 is 0. The normalized spacial score (nSPS) is 12.8. The van der Waals surface area contributed by atoms with E-state index in [2.05, 4.69) is 24.1 Å². The number of benzene rings is 2. The number of nitrogens with zero attached hydrogens (tertiary/aromatic N) is 1. The molecule has 0 unspecified atom stereocenters. The quantitative estimate of drug-likeness (QED) is 0.543. The smallest absolute Gasteiger partial charge is 0.264 e. The van der Waals surface area contributed by atoms with Gasteiger partial charge in [0.2, 0.25) is 5.91 Å². The van der Waals surface area contributed by atoms with Gasteiger partial charge in [-0.1, -0.05) is 49.8 Å². The highest BCUT2D eigenvalue weighted by Gasteiger charge is 2.32. The molecule has 0 spiro atoms. The summed E-state index contributed by atoms with van der Waals surface area (Å²) in [6.07, 6.45) is 3.83. The zero-order valence-corrected chi connectivity index (χ0v) is 18.6. The summed E-state index contributed by atoms with van der Waals surface area (Å²) in [5.74, 6) is 6.28. The van der Waals surface area contributed by atoms with Gasteiger partial charge in [0.05, 0.1) is 10.6 Å². The number of unbranched alkanes of at least 4 members (excludes halogenated alkanes) is 2. The first-order valence-corrected chi connectivity index (χ1v) is 11.9. The van der Waals surface area contributed by atoms with E-state index in [1.165, 1.54) is 4.31 Å². The van der Waals surface area contributed by atoms with E-state index in [1.54, 1.807) is 37.3 Å². The molecule has 1 aliphatic rings. The molecule has 0 saturated carbocycles. The van der Waals surface area contributed by atoms with Gasteiger partial charge in [0, 0.05) is 30.6 Å². The highest BCUT2D eigenvalue weighted by molar-refractivity contribution is 7.92. The lowest BCUT2D eigenvalue weighted by Gasteiger charge is -2.21. The maximum absolute atomic E-state index is 13.3. The van der Waals surface area contributed by atoms with E-state index in [4.69, 9.17) is 0 Å². The lowest BCUT2D eigenvalue weighted by atomic mass is 10.0. The molecule has 5 nitrogen and oxygen atoms in total. The summed E-state index contributed by atoms with van der Waals surface area (Å²) in [5, 5.41) is 2.85. The van der Waals surface area contributed by atoms with Gasteiger partial charge in [-0.3, -0.25) is 9.10 Å². The van der Waals surface area contributed by atoms with Crippen molar-refractivity contribution in [2.24, 2.45) is 0 Å². The minimum atomic E-state index is -3.69. The monoisotopic (exact) mass is 424 g/mol. The van der Waals surface area contributed by atoms with Gasteiger partial charge < -0.3 is 5.32 Å². The largest absolute Gasteiger partial charge is 0.326 e. The van der Waals surface area contributed by atoms with Crippen LogP contribution >= 0.6 is 0 Å². The zero-order chi connectivity index (χ0) is 21.7. The molecule has 0 atom stereocenters. The second kappa shape index (κ2) is 9.36. The van der Waals surface area contributed by atoms with E-state index < -0.39 is 10.0 Å². The predicted octanol–water partition coefficient (Wildman–Crippen LogP) is 4.64. The van der Waals surface area contributed by atoms with Gasteiger partial charge in [-0.2, -0.15) is 0 Å². The van der Waals surface area contributed by atoms with Crippen LogP contribution in [0.15, 0.2) is 41.3 Å². The van der Waals surface area contributed by atoms with Crippen LogP contribution in [0.25, 0.3) is 0 Å². The van der Waals surface area contributed by atoms with Crippen LogP contribution in [0.1, 0.15) is 56.2 Å². The summed E-state index contributed by atoms with van der Waals surface area (Å²) in [7, 11) is -3.69. The van der Waals surface area contributed by atoms with Crippen LogP contribution in [0.4, 0.5) is 11.4 Å². The molecule has 6 heteroatoms. The first-order valence-electron chi connectivity index (χ1n) is 10.4. The summed E-state index contributed by atoms with van der Waals surface area (Å²) in [6.45, 7) is 6.19. The van der Waals surface area contributed by atoms with Gasteiger partial charge in [-0.05, 0) is 49.6 Å². The molecule has 158 valence electrons. The molecule has 0 saturated heterocycles. The van der Waals surface area contributed by atoms with Crippen molar-refractivity contribution in [3.05, 3.63) is 53.1 Å². The third-order valence-electron chi connectivity index (χ3n) is 5.15. The zero-order valence-electron chi connectivity index (χ0n) is 17.8. The number of amides is 1. The number of aryl methyl sites for hydroxylation is 1. The van der Waals surface area contributed by atoms with Crippen LogP contribution in [0.2, 0.25) is 0 Å². The van der Waals surface area contributed by atoms with Crippen molar-refractivity contribution in [3.63, 3.8) is 0 Å². The Kier molecular flexibility index (Phi) is 6.84. The molecule has 1 heterocycles. The van der Waals surface area contributed by atoms with Crippen LogP contribution in [0, 0.1) is 18.8 Å². The summed E-state index contributed by atoms with van der Waals surface area (Å²) in [4.78, 5) is 12.2. The van der Waals surface area contributed by atoms with Gasteiger partial charge in [0.15, 0.2) is 0 Å². The average Bonchev–Trinajstić information content (AvgIpc) is 3.16. The highest BCUT2D eigenvalue weighted by Crippen LogP contribution is 2.37. The van der Waals surface area contributed by atoms with Crippen molar-refractivity contribution < 1.29 is 13.2 Å². The van der Waals surface area contributed by atoms with Crippen LogP contribution in [0.3, 0.4) is 0 Å². The fraction of sp³-hybridized carbons (Fsp3) is 0.375. The highest BCUT2D eigenvalue weighted by atomic mass is 32.2. The lowest BCUT2D eigenvalue weighted by Crippen LogP contribution is -2.29. The van der Waals surface area contributed by atoms with E-state index in [9.17, 15) is 13.2 Å². The minimum absolute atomic E-state index is 0.120. The second-order valence-electron chi connectivity index (χ2n) is 7.47. The van der Waals surface area contributed by atoms with Crippen LogP contribution in [-0.4, -0.2) is 20.9 Å². The van der Waals surface area contributed by atoms with Crippen molar-refractivity contribution in [1.82, 2.24) is 0 Å². The van der Waals surface area contributed by atoms with Crippen molar-refractivity contribution in [2.75, 3.05) is 16.2 Å². The first kappa shape index (κ1) is 21.9. The molecule has 2 aromatic rings. The molecule has 0 aromatic heterocycles. The van der Waals surface area contributed by atoms with Crippen molar-refractivity contribution in [3.8, 4) is 11.8 Å². The van der Waals surface area contributed by atoms with Gasteiger partial charge >= 0.3 is 0 Å². The lowest BCUT2D eigenvalue weighted by molar-refractivity contribution is -0.115. The van der Waals surface area contributed by atoms with Crippen LogP contribution < -0.4 is 9.62 Å². The predicted molar refractivity (Wildman–Crippen MR) is 121 cm³/mol. The van der Waals surface area contributed by atoms with Gasteiger partial charge in [-0.25, -0.2) is 8.42 Å². The van der Waals surface area contributed by atoms with Crippen molar-refractivity contribution in [2.45, 2.75) is 57.8 Å². The molecule has 0 fully saturated rings. The third kappa shape index (κ3) is 4.68. The number of carbonyl (C=O) groups excluding carboxylic acids is 1. The number of hydrogen-bond donors (Lipinski definition) is 1. The molecule has 0 aliphatic carbocycles. The first-order chi connectivity index (χ1) is 14.4. The summed E-state index contributed by atoms with van der Waals surface area (Å²) in [5.41, 5.74) is 3.89. The number of fused-ring (bicyclic) bond motifs is 1. The molecule has 30 heavy (non-hydrogen) atoms. The van der Waals surface area contributed by atoms with Gasteiger partial charge in [-0.15, -0.1) is 0 Å². The number of carbonyl (C=O) groups is 1. The topological polar surface area (TPSA) is 66.5 Å². The maximum Gasteiger partial charge on any atom is 0.264 e. The fourth-order valence-electron chi connectivity index (χ4n) is 3.42. The molecule has 0 bridgehead atoms. The number of nitrogens with one attached hydrogen (secondary N) is 1. The average molecular weight is 425 g/mol. The van der Waals surface area contributed by atoms with E-state index in [0.717, 1.165) is 36.0 Å². The Morgan fingerprint density at radius 1 is 1.17 bits per heavy atom. The Morgan fingerprint density at radius 3 is 2.57 bits per heavy atom. The molecular formula is C24H28N2O3S. The number of hydrogen-bond acceptors (Lipinski definition) is 3. The van der Waals surface area contributed by atoms with E-state index in [-0.39, 0.29) is 10.8 Å². The number of anilines is 2. The van der Waals surface area contributed by atoms with Crippen molar-refractivity contribution >= 4 is 27.3 Å². The Bertz CT molecular complexity index is 1090. The minimum Gasteiger partial charge on any atom is -0.326 e. The second-order valence-corrected chi connectivity index (χ2v) is 9.33. The fourth-order valence-corrected chi connectivity index (χ4v) is 4.91. The summed E-state index contributed by atoms with van der Waals surface area (Å²) in [6, 6.07) is 10.5. The van der Waals surface area contributed by atoms with E-state index in [1.807, 2.05) is 13.0 Å². The van der Waals surface area contributed by atoms with Crippen LogP contribution in [0.5, 0.6) is 0 Å². The van der Waals surface area contributed by atoms with E-state index in [0.29, 0.717) is 30.8 Å². The molecular weight excluding hydrogens is 396 g/mol. The Balaban J connectivity index is 2.05. The number of rotatable bonds is 6. The molecule has 0 radical (unpaired) electrons. The molecule has 3 rings (SSSR count). The van der Waals surface area contributed by atoms with Crippen LogP contribution in [-0.2, 0) is 21.2 Å². The molecule has 2 aromatic carbocycles. The van der Waals surface area contributed by atoms with Gasteiger partial charge in [0.1, 0.15) is 0 Å². The summed E-state index contributed by atoms with van der Waals surface area (Å²) < 4.78 is 28.1. The van der Waals surface area contributed by atoms with Gasteiger partial charge in [0.25, 0.3) is 10.0 Å². The SMILES string of the molecule is CCCCC#Cc1cc(NC(=O)CC)cc2c1CCN2S(=O)(=O)c1ccc(C)cc1.